The second kappa shape index (κ2) is 11.1. The van der Waals surface area contributed by atoms with Gasteiger partial charge in [0.05, 0.1) is 7.14 Å². The van der Waals surface area contributed by atoms with E-state index in [2.05, 4.69) is 50.5 Å². The Morgan fingerprint density at radius 1 is 1.19 bits per heavy atom. The van der Waals surface area contributed by atoms with Gasteiger partial charge in [-0.25, -0.2) is 4.39 Å². The molecule has 0 atom stereocenters. The Kier molecular flexibility index (Phi) is 8.51. The summed E-state index contributed by atoms with van der Waals surface area (Å²) in [5.74, 6) is -0.233. The molecule has 0 spiro atoms. The van der Waals surface area contributed by atoms with Gasteiger partial charge in [0.25, 0.3) is 5.91 Å². The predicted molar refractivity (Wildman–Crippen MR) is 141 cm³/mol. The van der Waals surface area contributed by atoms with Gasteiger partial charge in [-0.15, -0.1) is 0 Å². The second-order valence-corrected chi connectivity index (χ2v) is 9.54. The molecule has 3 rings (SSSR count). The van der Waals surface area contributed by atoms with Crippen molar-refractivity contribution in [2.24, 2.45) is 0 Å². The fraction of sp³-hybridized carbons (Fsp3) is 0.0833. The highest BCUT2D eigenvalue weighted by atomic mass is 127. The number of nitriles is 1. The molecule has 0 aliphatic heterocycles. The molecule has 4 nitrogen and oxygen atoms in total. The van der Waals surface area contributed by atoms with Crippen LogP contribution < -0.4 is 10.1 Å². The molecule has 3 aromatic carbocycles. The highest BCUT2D eigenvalue weighted by Crippen LogP contribution is 2.31. The predicted octanol–water partition coefficient (Wildman–Crippen LogP) is 7.12. The monoisotopic (exact) mass is 672 g/mol. The first kappa shape index (κ1) is 24.5. The fourth-order valence-corrected chi connectivity index (χ4v) is 5.10. The van der Waals surface area contributed by atoms with Crippen molar-refractivity contribution in [2.45, 2.75) is 13.5 Å². The summed E-state index contributed by atoms with van der Waals surface area (Å²) in [5.41, 5.74) is 2.47. The van der Waals surface area contributed by atoms with Crippen LogP contribution in [0.5, 0.6) is 5.75 Å². The Labute approximate surface area is 217 Å². The minimum absolute atomic E-state index is 0.0454. The van der Waals surface area contributed by atoms with Crippen molar-refractivity contribution in [2.75, 3.05) is 5.32 Å². The molecule has 0 bridgehead atoms. The quantitative estimate of drug-likeness (QED) is 0.172. The molecule has 8 heteroatoms. The van der Waals surface area contributed by atoms with E-state index in [4.69, 9.17) is 16.3 Å². The number of nitrogens with one attached hydrogen (secondary N) is 1. The Bertz CT molecular complexity index is 1230. The number of carbonyl (C=O) groups excluding carboxylic acids is 1. The molecule has 162 valence electrons. The number of anilines is 1. The number of aryl methyl sites for hydroxylation is 1. The van der Waals surface area contributed by atoms with Gasteiger partial charge < -0.3 is 10.1 Å². The van der Waals surface area contributed by atoms with Crippen molar-refractivity contribution in [3.8, 4) is 11.8 Å². The lowest BCUT2D eigenvalue weighted by Gasteiger charge is -2.12. The van der Waals surface area contributed by atoms with Crippen molar-refractivity contribution in [1.82, 2.24) is 0 Å². The lowest BCUT2D eigenvalue weighted by Crippen LogP contribution is -2.14. The third kappa shape index (κ3) is 6.21. The number of ether oxygens (including phenoxy) is 1. The van der Waals surface area contributed by atoms with Crippen LogP contribution >= 0.6 is 56.8 Å². The molecule has 0 heterocycles. The van der Waals surface area contributed by atoms with E-state index in [1.54, 1.807) is 48.5 Å². The Balaban J connectivity index is 1.80. The molecule has 0 radical (unpaired) electrons. The zero-order chi connectivity index (χ0) is 23.3. The van der Waals surface area contributed by atoms with Crippen molar-refractivity contribution >= 4 is 74.5 Å². The summed E-state index contributed by atoms with van der Waals surface area (Å²) in [5, 5.41) is 12.7. The van der Waals surface area contributed by atoms with Crippen molar-refractivity contribution < 1.29 is 13.9 Å². The van der Waals surface area contributed by atoms with Gasteiger partial charge in [-0.3, -0.25) is 4.79 Å². The molecule has 0 aliphatic rings. The Morgan fingerprint density at radius 2 is 1.88 bits per heavy atom. The van der Waals surface area contributed by atoms with E-state index in [-0.39, 0.29) is 18.0 Å². The molecular formula is C24H16ClFI2N2O2. The van der Waals surface area contributed by atoms with E-state index in [9.17, 15) is 14.4 Å². The maximum absolute atomic E-state index is 13.9. The molecule has 0 saturated carbocycles. The average Bonchev–Trinajstić information content (AvgIpc) is 2.75. The zero-order valence-corrected chi connectivity index (χ0v) is 21.8. The standard InChI is InChI=1S/C24H16ClFI2N2O2/c1-14-6-7-18(25)11-22(14)30-24(31)17(12-29)8-15-9-20(27)23(21(28)10-15)32-13-16-4-2-3-5-19(16)26/h2-11H,13H2,1H3,(H,30,31)/b17-8+. The average molecular weight is 673 g/mol. The second-order valence-electron chi connectivity index (χ2n) is 6.78. The molecule has 1 amide bonds. The lowest BCUT2D eigenvalue weighted by molar-refractivity contribution is -0.112. The Hall–Kier alpha value is -2.16. The first-order valence-corrected chi connectivity index (χ1v) is 11.9. The third-order valence-corrected chi connectivity index (χ3v) is 6.31. The van der Waals surface area contributed by atoms with E-state index in [1.807, 2.05) is 13.0 Å². The van der Waals surface area contributed by atoms with Gasteiger partial charge in [0.2, 0.25) is 0 Å². The number of hydrogen-bond acceptors (Lipinski definition) is 3. The van der Waals surface area contributed by atoms with Crippen LogP contribution in [0.3, 0.4) is 0 Å². The fourth-order valence-electron chi connectivity index (χ4n) is 2.80. The zero-order valence-electron chi connectivity index (χ0n) is 16.8. The number of rotatable bonds is 6. The van der Waals surface area contributed by atoms with Crippen LogP contribution in [0.1, 0.15) is 16.7 Å². The normalized spacial score (nSPS) is 11.1. The van der Waals surface area contributed by atoms with E-state index in [0.29, 0.717) is 27.6 Å². The van der Waals surface area contributed by atoms with E-state index < -0.39 is 5.91 Å². The first-order valence-electron chi connectivity index (χ1n) is 9.33. The SMILES string of the molecule is Cc1ccc(Cl)cc1NC(=O)/C(C#N)=C/c1cc(I)c(OCc2ccccc2F)c(I)c1. The molecular weight excluding hydrogens is 657 g/mol. The summed E-state index contributed by atoms with van der Waals surface area (Å²) in [7, 11) is 0. The summed E-state index contributed by atoms with van der Waals surface area (Å²) in [4.78, 5) is 12.6. The van der Waals surface area contributed by atoms with Crippen LogP contribution in [-0.4, -0.2) is 5.91 Å². The topological polar surface area (TPSA) is 62.1 Å². The number of nitrogens with zero attached hydrogens (tertiary/aromatic N) is 1. The van der Waals surface area contributed by atoms with Gasteiger partial charge in [0, 0.05) is 16.3 Å². The minimum Gasteiger partial charge on any atom is -0.487 e. The molecule has 0 saturated heterocycles. The highest BCUT2D eigenvalue weighted by Gasteiger charge is 2.14. The third-order valence-electron chi connectivity index (χ3n) is 4.47. The molecule has 0 aromatic heterocycles. The van der Waals surface area contributed by atoms with Gasteiger partial charge in [0.1, 0.15) is 29.8 Å². The van der Waals surface area contributed by atoms with Gasteiger partial charge >= 0.3 is 0 Å². The summed E-state index contributed by atoms with van der Waals surface area (Å²) in [6, 6.07) is 17.2. The smallest absolute Gasteiger partial charge is 0.266 e. The lowest BCUT2D eigenvalue weighted by atomic mass is 10.1. The minimum atomic E-state index is -0.525. The van der Waals surface area contributed by atoms with Crippen LogP contribution in [0.4, 0.5) is 10.1 Å². The number of benzene rings is 3. The summed E-state index contributed by atoms with van der Waals surface area (Å²) < 4.78 is 21.2. The van der Waals surface area contributed by atoms with Gasteiger partial charge in [-0.2, -0.15) is 5.26 Å². The summed E-state index contributed by atoms with van der Waals surface area (Å²) >= 11 is 10.2. The van der Waals surface area contributed by atoms with Crippen LogP contribution in [0.25, 0.3) is 6.08 Å². The van der Waals surface area contributed by atoms with Crippen LogP contribution in [0.2, 0.25) is 5.02 Å². The molecule has 0 unspecified atom stereocenters. The maximum Gasteiger partial charge on any atom is 0.266 e. The van der Waals surface area contributed by atoms with Gasteiger partial charge in [-0.05, 0) is 99.6 Å². The van der Waals surface area contributed by atoms with E-state index in [1.165, 1.54) is 12.1 Å². The number of carbonyl (C=O) groups is 1. The maximum atomic E-state index is 13.9. The van der Waals surface area contributed by atoms with Crippen molar-refractivity contribution in [3.05, 3.63) is 94.8 Å². The molecule has 3 aromatic rings. The van der Waals surface area contributed by atoms with Gasteiger partial charge in [0.15, 0.2) is 0 Å². The van der Waals surface area contributed by atoms with Gasteiger partial charge in [-0.1, -0.05) is 35.9 Å². The molecule has 0 fully saturated rings. The van der Waals surface area contributed by atoms with Crippen LogP contribution in [0, 0.1) is 31.2 Å². The molecule has 1 N–H and O–H groups in total. The Morgan fingerprint density at radius 3 is 2.53 bits per heavy atom. The van der Waals surface area contributed by atoms with Crippen molar-refractivity contribution in [3.63, 3.8) is 0 Å². The largest absolute Gasteiger partial charge is 0.487 e. The summed E-state index contributed by atoms with van der Waals surface area (Å²) in [6.07, 6.45) is 1.51. The van der Waals surface area contributed by atoms with E-state index >= 15 is 0 Å². The highest BCUT2D eigenvalue weighted by molar-refractivity contribution is 14.1. The van der Waals surface area contributed by atoms with Crippen molar-refractivity contribution in [1.29, 1.82) is 5.26 Å². The van der Waals surface area contributed by atoms with Crippen LogP contribution in [-0.2, 0) is 11.4 Å². The first-order chi connectivity index (χ1) is 15.3. The number of halogens is 4. The molecule has 32 heavy (non-hydrogen) atoms. The van der Waals surface area contributed by atoms with E-state index in [0.717, 1.165) is 12.7 Å². The summed E-state index contributed by atoms with van der Waals surface area (Å²) in [6.45, 7) is 1.94. The number of hydrogen-bond donors (Lipinski definition) is 1. The number of amides is 1. The van der Waals surface area contributed by atoms with Crippen LogP contribution in [0.15, 0.2) is 60.2 Å². The molecule has 0 aliphatic carbocycles.